The zero-order valence-electron chi connectivity index (χ0n) is 14.7. The van der Waals surface area contributed by atoms with Crippen molar-refractivity contribution in [2.45, 2.75) is 26.2 Å². The van der Waals surface area contributed by atoms with E-state index in [2.05, 4.69) is 30.5 Å². The van der Waals surface area contributed by atoms with Crippen LogP contribution in [0.2, 0.25) is 0 Å². The minimum Gasteiger partial charge on any atom is -0.466 e. The van der Waals surface area contributed by atoms with Crippen LogP contribution in [0, 0.1) is 0 Å². The number of rotatable bonds is 7. The molecule has 0 saturated heterocycles. The molecule has 0 bridgehead atoms. The average molecular weight is 382 g/mol. The van der Waals surface area contributed by atoms with Gasteiger partial charge in [-0.2, -0.15) is 5.10 Å². The van der Waals surface area contributed by atoms with Crippen LogP contribution in [0.1, 0.15) is 24.8 Å². The summed E-state index contributed by atoms with van der Waals surface area (Å²) in [5.41, 5.74) is 2.62. The molecule has 3 heterocycles. The number of aryl methyl sites for hydroxylation is 1. The highest BCUT2D eigenvalue weighted by Crippen LogP contribution is 2.28. The average Bonchev–Trinajstić information content (AvgIpc) is 3.28. The van der Waals surface area contributed by atoms with Crippen molar-refractivity contribution in [2.24, 2.45) is 0 Å². The fourth-order valence-electron chi connectivity index (χ4n) is 2.77. The predicted molar refractivity (Wildman–Crippen MR) is 104 cm³/mol. The van der Waals surface area contributed by atoms with Crippen molar-refractivity contribution in [1.82, 2.24) is 25.1 Å². The number of carbonyl (C=O) groups is 1. The van der Waals surface area contributed by atoms with Gasteiger partial charge >= 0.3 is 5.97 Å². The maximum Gasteiger partial charge on any atom is 0.305 e. The number of nitrogens with one attached hydrogen (secondary N) is 2. The van der Waals surface area contributed by atoms with Gasteiger partial charge in [-0.05, 0) is 38.0 Å². The number of thiazole rings is 1. The molecular weight excluding hydrogens is 364 g/mol. The second-order valence-corrected chi connectivity index (χ2v) is 7.00. The highest BCUT2D eigenvalue weighted by Gasteiger charge is 2.12. The molecule has 0 fully saturated rings. The number of anilines is 2. The number of fused-ring (bicyclic) bond motifs is 2. The standard InChI is InChI=1S/C18H18N6O2S/c1-2-26-15(25)5-3-4-14-23-16-17(19-10-20-18(16)27-14)22-12-6-7-13-11(8-12)9-21-24-13/h6-10H,2-5H2,1H3,(H,21,24)(H,19,20,22). The van der Waals surface area contributed by atoms with E-state index in [1.165, 1.54) is 17.7 Å². The van der Waals surface area contributed by atoms with Crippen molar-refractivity contribution >= 4 is 50.1 Å². The lowest BCUT2D eigenvalue weighted by Crippen LogP contribution is -2.03. The maximum absolute atomic E-state index is 11.5. The van der Waals surface area contributed by atoms with E-state index in [1.54, 1.807) is 6.20 Å². The van der Waals surface area contributed by atoms with Gasteiger partial charge in [-0.1, -0.05) is 11.3 Å². The number of nitrogens with zero attached hydrogens (tertiary/aromatic N) is 4. The number of hydrogen-bond donors (Lipinski definition) is 2. The number of aromatic nitrogens is 5. The topological polar surface area (TPSA) is 106 Å². The van der Waals surface area contributed by atoms with Crippen molar-refractivity contribution in [3.8, 4) is 0 Å². The predicted octanol–water partition coefficient (Wildman–Crippen LogP) is 3.59. The first kappa shape index (κ1) is 17.3. The Balaban J connectivity index is 1.51. The van der Waals surface area contributed by atoms with Crippen LogP contribution in [0.5, 0.6) is 0 Å². The van der Waals surface area contributed by atoms with E-state index < -0.39 is 0 Å². The van der Waals surface area contributed by atoms with Gasteiger partial charge in [0.15, 0.2) is 5.82 Å². The molecule has 0 unspecified atom stereocenters. The number of esters is 1. The number of benzene rings is 1. The zero-order valence-corrected chi connectivity index (χ0v) is 15.5. The van der Waals surface area contributed by atoms with Crippen molar-refractivity contribution in [2.75, 3.05) is 11.9 Å². The maximum atomic E-state index is 11.5. The van der Waals surface area contributed by atoms with E-state index in [1.807, 2.05) is 25.1 Å². The lowest BCUT2D eigenvalue weighted by atomic mass is 10.2. The molecule has 0 aliphatic rings. The Kier molecular flexibility index (Phi) is 4.93. The van der Waals surface area contributed by atoms with Crippen LogP contribution in [-0.4, -0.2) is 37.7 Å². The first-order valence-corrected chi connectivity index (χ1v) is 9.51. The summed E-state index contributed by atoms with van der Waals surface area (Å²) in [5.74, 6) is 0.492. The second-order valence-electron chi connectivity index (χ2n) is 5.94. The summed E-state index contributed by atoms with van der Waals surface area (Å²) in [6.07, 6.45) is 5.11. The number of H-pyrrole nitrogens is 1. The second kappa shape index (κ2) is 7.67. The molecule has 8 nitrogen and oxygen atoms in total. The Hall–Kier alpha value is -3.07. The SMILES string of the molecule is CCOC(=O)CCCc1nc2c(Nc3ccc4[nH]ncc4c3)ncnc2s1. The summed E-state index contributed by atoms with van der Waals surface area (Å²) < 4.78 is 4.95. The van der Waals surface area contributed by atoms with Crippen LogP contribution >= 0.6 is 11.3 Å². The lowest BCUT2D eigenvalue weighted by Gasteiger charge is -2.05. The van der Waals surface area contributed by atoms with Gasteiger partial charge in [0.25, 0.3) is 0 Å². The smallest absolute Gasteiger partial charge is 0.305 e. The van der Waals surface area contributed by atoms with E-state index >= 15 is 0 Å². The van der Waals surface area contributed by atoms with E-state index in [9.17, 15) is 4.79 Å². The normalized spacial score (nSPS) is 11.1. The lowest BCUT2D eigenvalue weighted by molar-refractivity contribution is -0.143. The van der Waals surface area contributed by atoms with Crippen molar-refractivity contribution in [3.63, 3.8) is 0 Å². The van der Waals surface area contributed by atoms with Crippen LogP contribution in [0.25, 0.3) is 21.3 Å². The molecule has 0 aliphatic carbocycles. The molecule has 2 N–H and O–H groups in total. The summed E-state index contributed by atoms with van der Waals surface area (Å²) in [6, 6.07) is 5.92. The fraction of sp³-hybridized carbons (Fsp3) is 0.278. The Labute approximate surface area is 159 Å². The van der Waals surface area contributed by atoms with Crippen molar-refractivity contribution < 1.29 is 9.53 Å². The highest BCUT2D eigenvalue weighted by molar-refractivity contribution is 7.18. The summed E-state index contributed by atoms with van der Waals surface area (Å²) in [7, 11) is 0. The molecule has 138 valence electrons. The van der Waals surface area contributed by atoms with Gasteiger partial charge in [0, 0.05) is 17.5 Å². The van der Waals surface area contributed by atoms with E-state index in [-0.39, 0.29) is 5.97 Å². The third kappa shape index (κ3) is 3.87. The monoisotopic (exact) mass is 382 g/mol. The van der Waals surface area contributed by atoms with E-state index in [0.717, 1.165) is 31.9 Å². The number of ether oxygens (including phenoxy) is 1. The molecule has 0 spiro atoms. The Morgan fingerprint density at radius 2 is 2.26 bits per heavy atom. The summed E-state index contributed by atoms with van der Waals surface area (Å²) >= 11 is 1.52. The van der Waals surface area contributed by atoms with Crippen molar-refractivity contribution in [3.05, 3.63) is 35.7 Å². The van der Waals surface area contributed by atoms with E-state index in [4.69, 9.17) is 4.74 Å². The fourth-order valence-corrected chi connectivity index (χ4v) is 3.72. The van der Waals surface area contributed by atoms with Gasteiger partial charge in [-0.15, -0.1) is 0 Å². The van der Waals surface area contributed by atoms with Gasteiger partial charge < -0.3 is 10.1 Å². The molecule has 0 radical (unpaired) electrons. The van der Waals surface area contributed by atoms with Gasteiger partial charge in [0.05, 0.1) is 23.3 Å². The van der Waals surface area contributed by atoms with Crippen LogP contribution in [0.3, 0.4) is 0 Å². The number of carbonyl (C=O) groups excluding carboxylic acids is 1. The largest absolute Gasteiger partial charge is 0.466 e. The highest BCUT2D eigenvalue weighted by atomic mass is 32.1. The molecule has 0 aliphatic heterocycles. The van der Waals surface area contributed by atoms with Crippen molar-refractivity contribution in [1.29, 1.82) is 0 Å². The Morgan fingerprint density at radius 1 is 1.33 bits per heavy atom. The van der Waals surface area contributed by atoms with Gasteiger partial charge in [-0.3, -0.25) is 9.89 Å². The number of aromatic amines is 1. The van der Waals surface area contributed by atoms with Crippen LogP contribution in [0.15, 0.2) is 30.7 Å². The minimum atomic E-state index is -0.171. The van der Waals surface area contributed by atoms with Gasteiger partial charge in [-0.25, -0.2) is 15.0 Å². The zero-order chi connectivity index (χ0) is 18.6. The number of hydrogen-bond acceptors (Lipinski definition) is 8. The molecule has 0 atom stereocenters. The molecule has 1 aromatic carbocycles. The quantitative estimate of drug-likeness (QED) is 0.470. The minimum absolute atomic E-state index is 0.171. The molecule has 27 heavy (non-hydrogen) atoms. The summed E-state index contributed by atoms with van der Waals surface area (Å²) in [6.45, 7) is 2.22. The summed E-state index contributed by atoms with van der Waals surface area (Å²) in [4.78, 5) is 25.6. The van der Waals surface area contributed by atoms with Crippen LogP contribution in [-0.2, 0) is 16.0 Å². The first-order chi connectivity index (χ1) is 13.2. The summed E-state index contributed by atoms with van der Waals surface area (Å²) in [5, 5.41) is 12.2. The molecule has 4 aromatic rings. The third-order valence-corrected chi connectivity index (χ3v) is 5.04. The van der Waals surface area contributed by atoms with Crippen LogP contribution in [0.4, 0.5) is 11.5 Å². The molecule has 4 rings (SSSR count). The Bertz CT molecular complexity index is 1090. The van der Waals surface area contributed by atoms with Crippen LogP contribution < -0.4 is 5.32 Å². The first-order valence-electron chi connectivity index (χ1n) is 8.69. The van der Waals surface area contributed by atoms with Gasteiger partial charge in [0.1, 0.15) is 16.7 Å². The molecular formula is C18H18N6O2S. The molecule has 0 saturated carbocycles. The van der Waals surface area contributed by atoms with Gasteiger partial charge in [0.2, 0.25) is 0 Å². The third-order valence-electron chi connectivity index (χ3n) is 4.02. The van der Waals surface area contributed by atoms with E-state index in [0.29, 0.717) is 31.7 Å². The molecule has 0 amide bonds. The Morgan fingerprint density at radius 3 is 3.15 bits per heavy atom. The molecule has 3 aromatic heterocycles. The molecule has 9 heteroatoms.